The van der Waals surface area contributed by atoms with E-state index in [4.69, 9.17) is 9.52 Å². The Labute approximate surface area is 115 Å². The van der Waals surface area contributed by atoms with Crippen LogP contribution in [0.3, 0.4) is 0 Å². The molecule has 1 aromatic heterocycles. The van der Waals surface area contributed by atoms with E-state index in [2.05, 4.69) is 11.8 Å². The zero-order valence-electron chi connectivity index (χ0n) is 11.4. The molecule has 3 nitrogen and oxygen atoms in total. The number of aldehydes is 1. The molecule has 0 bridgehead atoms. The summed E-state index contributed by atoms with van der Waals surface area (Å²) in [6, 6.07) is 3.35. The normalized spacial score (nSPS) is 9.95. The summed E-state index contributed by atoms with van der Waals surface area (Å²) in [6.45, 7) is 0.314. The summed E-state index contributed by atoms with van der Waals surface area (Å²) in [5.41, 5.74) is 0. The smallest absolute Gasteiger partial charge is 0.185 e. The molecule has 0 amide bonds. The van der Waals surface area contributed by atoms with Crippen molar-refractivity contribution in [1.82, 2.24) is 0 Å². The second-order valence-electron chi connectivity index (χ2n) is 4.57. The zero-order valence-corrected chi connectivity index (χ0v) is 11.4. The minimum absolute atomic E-state index is 0.314. The van der Waals surface area contributed by atoms with Gasteiger partial charge in [-0.3, -0.25) is 4.79 Å². The van der Waals surface area contributed by atoms with Gasteiger partial charge >= 0.3 is 0 Å². The van der Waals surface area contributed by atoms with Crippen molar-refractivity contribution in [3.8, 4) is 11.8 Å². The number of carbonyl (C=O) groups is 1. The van der Waals surface area contributed by atoms with E-state index < -0.39 is 0 Å². The van der Waals surface area contributed by atoms with Crippen LogP contribution in [0.2, 0.25) is 0 Å². The Balaban J connectivity index is 2.00. The van der Waals surface area contributed by atoms with Gasteiger partial charge < -0.3 is 9.52 Å². The first kappa shape index (κ1) is 15.5. The lowest BCUT2D eigenvalue weighted by Gasteiger charge is -1.98. The third kappa shape index (κ3) is 7.48. The highest BCUT2D eigenvalue weighted by atomic mass is 16.3. The molecular weight excluding hydrogens is 240 g/mol. The van der Waals surface area contributed by atoms with Crippen molar-refractivity contribution in [2.24, 2.45) is 0 Å². The zero-order chi connectivity index (χ0) is 13.8. The maximum absolute atomic E-state index is 10.4. The molecule has 0 atom stereocenters. The van der Waals surface area contributed by atoms with E-state index in [1.807, 2.05) is 0 Å². The van der Waals surface area contributed by atoms with Gasteiger partial charge in [-0.05, 0) is 30.9 Å². The quantitative estimate of drug-likeness (QED) is 0.420. The summed E-state index contributed by atoms with van der Waals surface area (Å²) in [4.78, 5) is 10.4. The van der Waals surface area contributed by atoms with Crippen LogP contribution in [0.5, 0.6) is 0 Å². The van der Waals surface area contributed by atoms with Crippen LogP contribution in [-0.4, -0.2) is 18.0 Å². The first-order valence-corrected chi connectivity index (χ1v) is 7.01. The summed E-state index contributed by atoms with van der Waals surface area (Å²) < 4.78 is 5.15. The first-order valence-electron chi connectivity index (χ1n) is 7.01. The van der Waals surface area contributed by atoms with Gasteiger partial charge in [0, 0.05) is 13.0 Å². The lowest BCUT2D eigenvalue weighted by Crippen LogP contribution is -1.84. The van der Waals surface area contributed by atoms with Crippen molar-refractivity contribution in [2.75, 3.05) is 6.61 Å². The molecule has 3 heteroatoms. The molecular formula is C16H22O3. The molecule has 0 saturated carbocycles. The molecule has 1 aromatic rings. The number of carbonyl (C=O) groups excluding carboxylic acids is 1. The van der Waals surface area contributed by atoms with Gasteiger partial charge in [0.1, 0.15) is 0 Å². The lowest BCUT2D eigenvalue weighted by atomic mass is 10.1. The summed E-state index contributed by atoms with van der Waals surface area (Å²) in [7, 11) is 0. The van der Waals surface area contributed by atoms with Crippen molar-refractivity contribution in [3.63, 3.8) is 0 Å². The summed E-state index contributed by atoms with van der Waals surface area (Å²) in [5.74, 6) is 6.86. The number of hydrogen-bond donors (Lipinski definition) is 1. The van der Waals surface area contributed by atoms with Crippen molar-refractivity contribution in [3.05, 3.63) is 23.7 Å². The Morgan fingerprint density at radius 3 is 2.37 bits per heavy atom. The first-order chi connectivity index (χ1) is 9.36. The minimum Gasteiger partial charge on any atom is -0.445 e. The monoisotopic (exact) mass is 262 g/mol. The van der Waals surface area contributed by atoms with E-state index in [0.717, 1.165) is 25.7 Å². The van der Waals surface area contributed by atoms with E-state index >= 15 is 0 Å². The van der Waals surface area contributed by atoms with E-state index in [0.29, 0.717) is 24.4 Å². The molecule has 104 valence electrons. The van der Waals surface area contributed by atoms with Crippen LogP contribution < -0.4 is 0 Å². The number of hydrogen-bond acceptors (Lipinski definition) is 3. The average molecular weight is 262 g/mol. The number of aliphatic hydroxyl groups is 1. The fourth-order valence-corrected chi connectivity index (χ4v) is 1.84. The molecule has 0 fully saturated rings. The van der Waals surface area contributed by atoms with Crippen LogP contribution in [-0.2, 0) is 0 Å². The molecule has 0 radical (unpaired) electrons. The van der Waals surface area contributed by atoms with Gasteiger partial charge in [-0.2, -0.15) is 0 Å². The second-order valence-corrected chi connectivity index (χ2v) is 4.57. The number of rotatable bonds is 9. The Morgan fingerprint density at radius 2 is 1.74 bits per heavy atom. The second kappa shape index (κ2) is 10.4. The van der Waals surface area contributed by atoms with E-state index in [1.54, 1.807) is 12.1 Å². The molecule has 0 unspecified atom stereocenters. The van der Waals surface area contributed by atoms with Gasteiger partial charge in [-0.25, -0.2) is 0 Å². The molecule has 0 saturated heterocycles. The molecule has 1 heterocycles. The standard InChI is InChI=1S/C16H22O3/c17-13-9-7-5-3-1-2-4-6-8-10-15-11-12-16(14-18)19-15/h11-12,14,17H,1-7,9,13H2. The maximum Gasteiger partial charge on any atom is 0.185 e. The van der Waals surface area contributed by atoms with Gasteiger partial charge in [0.05, 0.1) is 0 Å². The fraction of sp³-hybridized carbons (Fsp3) is 0.562. The maximum atomic E-state index is 10.4. The molecule has 1 rings (SSSR count). The van der Waals surface area contributed by atoms with Crippen LogP contribution in [0, 0.1) is 11.8 Å². The molecule has 19 heavy (non-hydrogen) atoms. The third-order valence-corrected chi connectivity index (χ3v) is 2.91. The van der Waals surface area contributed by atoms with E-state index in [-0.39, 0.29) is 0 Å². The van der Waals surface area contributed by atoms with Crippen LogP contribution in [0.1, 0.15) is 67.7 Å². The predicted octanol–water partition coefficient (Wildman–Crippen LogP) is 3.56. The van der Waals surface area contributed by atoms with Crippen LogP contribution in [0.15, 0.2) is 16.5 Å². The van der Waals surface area contributed by atoms with Gasteiger partial charge in [-0.1, -0.05) is 38.0 Å². The largest absolute Gasteiger partial charge is 0.445 e. The Morgan fingerprint density at radius 1 is 1.05 bits per heavy atom. The number of unbranched alkanes of at least 4 members (excludes halogenated alkanes) is 7. The predicted molar refractivity (Wildman–Crippen MR) is 75.0 cm³/mol. The molecule has 1 N–H and O–H groups in total. The van der Waals surface area contributed by atoms with Gasteiger partial charge in [-0.15, -0.1) is 0 Å². The highest BCUT2D eigenvalue weighted by Gasteiger charge is 1.95. The Hall–Kier alpha value is -1.53. The summed E-state index contributed by atoms with van der Waals surface area (Å²) >= 11 is 0. The van der Waals surface area contributed by atoms with Crippen molar-refractivity contribution >= 4 is 6.29 Å². The number of furan rings is 1. The minimum atomic E-state index is 0.314. The molecule has 0 aromatic carbocycles. The van der Waals surface area contributed by atoms with Gasteiger partial charge in [0.15, 0.2) is 17.8 Å². The molecule has 0 aliphatic carbocycles. The van der Waals surface area contributed by atoms with Crippen LogP contribution in [0.25, 0.3) is 0 Å². The van der Waals surface area contributed by atoms with Crippen molar-refractivity contribution in [1.29, 1.82) is 0 Å². The topological polar surface area (TPSA) is 50.4 Å². The van der Waals surface area contributed by atoms with Gasteiger partial charge in [0.2, 0.25) is 0 Å². The lowest BCUT2D eigenvalue weighted by molar-refractivity contribution is 0.110. The highest BCUT2D eigenvalue weighted by molar-refractivity contribution is 5.70. The average Bonchev–Trinajstić information content (AvgIpc) is 2.89. The van der Waals surface area contributed by atoms with Gasteiger partial charge in [0.25, 0.3) is 0 Å². The Kier molecular flexibility index (Phi) is 8.50. The van der Waals surface area contributed by atoms with E-state index in [1.165, 1.54) is 25.7 Å². The SMILES string of the molecule is O=Cc1ccc(C#CCCCCCCCCCO)o1. The van der Waals surface area contributed by atoms with Crippen molar-refractivity contribution in [2.45, 2.75) is 51.4 Å². The fourth-order valence-electron chi connectivity index (χ4n) is 1.84. The van der Waals surface area contributed by atoms with E-state index in [9.17, 15) is 4.79 Å². The number of aliphatic hydroxyl groups excluding tert-OH is 1. The van der Waals surface area contributed by atoms with Crippen molar-refractivity contribution < 1.29 is 14.3 Å². The van der Waals surface area contributed by atoms with Crippen LogP contribution >= 0.6 is 0 Å². The summed E-state index contributed by atoms with van der Waals surface area (Å²) in [6.07, 6.45) is 9.62. The van der Waals surface area contributed by atoms with Crippen LogP contribution in [0.4, 0.5) is 0 Å². The molecule has 0 spiro atoms. The molecule has 0 aliphatic rings. The molecule has 0 aliphatic heterocycles. The third-order valence-electron chi connectivity index (χ3n) is 2.91. The highest BCUT2D eigenvalue weighted by Crippen LogP contribution is 2.08. The Bertz CT molecular complexity index is 409. The summed E-state index contributed by atoms with van der Waals surface area (Å²) in [5, 5.41) is 8.64.